The van der Waals surface area contributed by atoms with Crippen molar-refractivity contribution in [3.63, 3.8) is 0 Å². The van der Waals surface area contributed by atoms with Crippen LogP contribution in [0, 0.1) is 5.41 Å². The smallest absolute Gasteiger partial charge is 0.128 e. The Kier molecular flexibility index (Phi) is 3.81. The van der Waals surface area contributed by atoms with Gasteiger partial charge in [-0.1, -0.05) is 20.8 Å². The van der Waals surface area contributed by atoms with E-state index in [9.17, 15) is 5.11 Å². The van der Waals surface area contributed by atoms with Crippen LogP contribution >= 0.6 is 0 Å². The fraction of sp³-hybridized carbons (Fsp3) is 0.538. The van der Waals surface area contributed by atoms with Gasteiger partial charge in [0.2, 0.25) is 0 Å². The van der Waals surface area contributed by atoms with Gasteiger partial charge in [0.05, 0.1) is 20.3 Å². The molecule has 0 saturated carbocycles. The number of hydrogen-bond acceptors (Lipinski definition) is 3. The van der Waals surface area contributed by atoms with Crippen LogP contribution in [0.2, 0.25) is 0 Å². The van der Waals surface area contributed by atoms with Crippen LogP contribution in [0.5, 0.6) is 11.5 Å². The molecule has 0 aliphatic rings. The number of rotatable bonds is 3. The molecule has 1 aromatic rings. The molecule has 0 spiro atoms. The van der Waals surface area contributed by atoms with Gasteiger partial charge in [0.15, 0.2) is 0 Å². The van der Waals surface area contributed by atoms with Crippen LogP contribution in [0.25, 0.3) is 0 Å². The molecule has 0 heterocycles. The van der Waals surface area contributed by atoms with Crippen LogP contribution < -0.4 is 9.47 Å². The van der Waals surface area contributed by atoms with Crippen LogP contribution in [0.1, 0.15) is 32.4 Å². The maximum atomic E-state index is 10.2. The fourth-order valence-corrected chi connectivity index (χ4v) is 1.51. The number of aliphatic hydroxyl groups is 1. The zero-order valence-electron chi connectivity index (χ0n) is 10.6. The summed E-state index contributed by atoms with van der Waals surface area (Å²) in [5.41, 5.74) is 0.567. The second kappa shape index (κ2) is 4.74. The van der Waals surface area contributed by atoms with Crippen molar-refractivity contribution in [2.24, 2.45) is 5.41 Å². The molecule has 1 aromatic carbocycles. The highest BCUT2D eigenvalue weighted by molar-refractivity contribution is 5.42. The van der Waals surface area contributed by atoms with Gasteiger partial charge in [-0.15, -0.1) is 0 Å². The lowest BCUT2D eigenvalue weighted by atomic mass is 9.84. The lowest BCUT2D eigenvalue weighted by Crippen LogP contribution is -2.18. The highest BCUT2D eigenvalue weighted by Crippen LogP contribution is 2.38. The van der Waals surface area contributed by atoms with Gasteiger partial charge < -0.3 is 14.6 Å². The van der Waals surface area contributed by atoms with Crippen molar-refractivity contribution >= 4 is 0 Å². The summed E-state index contributed by atoms with van der Waals surface area (Å²) >= 11 is 0. The molecule has 0 aliphatic carbocycles. The minimum Gasteiger partial charge on any atom is -0.497 e. The Labute approximate surface area is 97.0 Å². The molecule has 0 aromatic heterocycles. The molecule has 1 unspecified atom stereocenters. The van der Waals surface area contributed by atoms with E-state index < -0.39 is 6.10 Å². The highest BCUT2D eigenvalue weighted by atomic mass is 16.5. The lowest BCUT2D eigenvalue weighted by molar-refractivity contribution is 0.0603. The predicted molar refractivity (Wildman–Crippen MR) is 64.0 cm³/mol. The highest BCUT2D eigenvalue weighted by Gasteiger charge is 2.26. The monoisotopic (exact) mass is 224 g/mol. The Morgan fingerprint density at radius 3 is 2.19 bits per heavy atom. The topological polar surface area (TPSA) is 38.7 Å². The minimum atomic E-state index is -0.562. The molecule has 0 radical (unpaired) electrons. The second-order valence-electron chi connectivity index (χ2n) is 4.88. The number of benzene rings is 1. The molecular weight excluding hydrogens is 204 g/mol. The summed E-state index contributed by atoms with van der Waals surface area (Å²) in [5, 5.41) is 10.2. The summed E-state index contributed by atoms with van der Waals surface area (Å²) < 4.78 is 10.4. The van der Waals surface area contributed by atoms with Gasteiger partial charge in [-0.2, -0.15) is 0 Å². The fourth-order valence-electron chi connectivity index (χ4n) is 1.51. The van der Waals surface area contributed by atoms with Crippen LogP contribution in [0.3, 0.4) is 0 Å². The quantitative estimate of drug-likeness (QED) is 0.858. The molecule has 0 amide bonds. The molecule has 0 aliphatic heterocycles. The van der Waals surface area contributed by atoms with E-state index in [-0.39, 0.29) is 5.41 Å². The van der Waals surface area contributed by atoms with Gasteiger partial charge in [0.25, 0.3) is 0 Å². The van der Waals surface area contributed by atoms with Crippen LogP contribution in [0.4, 0.5) is 0 Å². The third kappa shape index (κ3) is 2.67. The van der Waals surface area contributed by atoms with Gasteiger partial charge in [-0.05, 0) is 17.5 Å². The molecular formula is C13H20O3. The summed E-state index contributed by atoms with van der Waals surface area (Å²) in [7, 11) is 3.20. The molecule has 3 heteroatoms. The number of aliphatic hydroxyl groups excluding tert-OH is 1. The summed E-state index contributed by atoms with van der Waals surface area (Å²) in [6.07, 6.45) is -0.562. The van der Waals surface area contributed by atoms with Crippen LogP contribution in [-0.4, -0.2) is 19.3 Å². The van der Waals surface area contributed by atoms with Crippen molar-refractivity contribution in [2.75, 3.05) is 14.2 Å². The standard InChI is InChI=1S/C13H20O3/c1-13(2,3)12(14)10-7-6-9(15-4)8-11(10)16-5/h6-8,12,14H,1-5H3. The Morgan fingerprint density at radius 2 is 1.75 bits per heavy atom. The molecule has 1 atom stereocenters. The van der Waals surface area contributed by atoms with Crippen LogP contribution in [-0.2, 0) is 0 Å². The Morgan fingerprint density at radius 1 is 1.12 bits per heavy atom. The first-order valence-electron chi connectivity index (χ1n) is 5.30. The lowest BCUT2D eigenvalue weighted by Gasteiger charge is -2.27. The van der Waals surface area contributed by atoms with Crippen LogP contribution in [0.15, 0.2) is 18.2 Å². The Hall–Kier alpha value is -1.22. The molecule has 0 saturated heterocycles. The molecule has 3 nitrogen and oxygen atoms in total. The van der Waals surface area contributed by atoms with Crippen molar-refractivity contribution in [1.82, 2.24) is 0 Å². The van der Waals surface area contributed by atoms with Crippen molar-refractivity contribution in [3.8, 4) is 11.5 Å². The van der Waals surface area contributed by atoms with Gasteiger partial charge in [-0.3, -0.25) is 0 Å². The predicted octanol–water partition coefficient (Wildman–Crippen LogP) is 2.78. The van der Waals surface area contributed by atoms with E-state index in [1.165, 1.54) is 0 Å². The normalized spacial score (nSPS) is 13.4. The SMILES string of the molecule is COc1ccc(C(O)C(C)(C)C)c(OC)c1. The van der Waals surface area contributed by atoms with Crippen molar-refractivity contribution in [3.05, 3.63) is 23.8 Å². The minimum absolute atomic E-state index is 0.220. The summed E-state index contributed by atoms with van der Waals surface area (Å²) in [6.45, 7) is 5.96. The summed E-state index contributed by atoms with van der Waals surface area (Å²) in [5.74, 6) is 1.38. The molecule has 1 N–H and O–H groups in total. The maximum Gasteiger partial charge on any atom is 0.128 e. The number of ether oxygens (including phenoxy) is 2. The number of hydrogen-bond donors (Lipinski definition) is 1. The van der Waals surface area contributed by atoms with E-state index in [0.29, 0.717) is 5.75 Å². The Bertz CT molecular complexity index is 353. The van der Waals surface area contributed by atoms with Gasteiger partial charge in [0, 0.05) is 11.6 Å². The average Bonchev–Trinajstić information content (AvgIpc) is 2.26. The summed E-state index contributed by atoms with van der Waals surface area (Å²) in [4.78, 5) is 0. The zero-order valence-corrected chi connectivity index (χ0v) is 10.6. The van der Waals surface area contributed by atoms with E-state index in [1.807, 2.05) is 32.9 Å². The second-order valence-corrected chi connectivity index (χ2v) is 4.88. The van der Waals surface area contributed by atoms with Crippen molar-refractivity contribution in [1.29, 1.82) is 0 Å². The van der Waals surface area contributed by atoms with Gasteiger partial charge in [0.1, 0.15) is 11.5 Å². The molecule has 0 bridgehead atoms. The van der Waals surface area contributed by atoms with E-state index in [0.717, 1.165) is 11.3 Å². The molecule has 16 heavy (non-hydrogen) atoms. The third-order valence-electron chi connectivity index (χ3n) is 2.56. The zero-order chi connectivity index (χ0) is 12.3. The van der Waals surface area contributed by atoms with E-state index in [2.05, 4.69) is 0 Å². The first kappa shape index (κ1) is 12.8. The maximum absolute atomic E-state index is 10.2. The van der Waals surface area contributed by atoms with E-state index >= 15 is 0 Å². The van der Waals surface area contributed by atoms with E-state index in [4.69, 9.17) is 9.47 Å². The van der Waals surface area contributed by atoms with Gasteiger partial charge in [-0.25, -0.2) is 0 Å². The van der Waals surface area contributed by atoms with Crippen molar-refractivity contribution in [2.45, 2.75) is 26.9 Å². The van der Waals surface area contributed by atoms with Crippen molar-refractivity contribution < 1.29 is 14.6 Å². The molecule has 0 fully saturated rings. The average molecular weight is 224 g/mol. The first-order chi connectivity index (χ1) is 7.40. The largest absolute Gasteiger partial charge is 0.497 e. The first-order valence-corrected chi connectivity index (χ1v) is 5.30. The number of methoxy groups -OCH3 is 2. The van der Waals surface area contributed by atoms with Gasteiger partial charge >= 0.3 is 0 Å². The Balaban J connectivity index is 3.14. The summed E-state index contributed by atoms with van der Waals surface area (Å²) in [6, 6.07) is 5.45. The molecule has 1 rings (SSSR count). The third-order valence-corrected chi connectivity index (χ3v) is 2.56. The van der Waals surface area contributed by atoms with E-state index in [1.54, 1.807) is 20.3 Å². The molecule has 90 valence electrons.